The molecule has 1 aromatic rings. The zero-order chi connectivity index (χ0) is 13.3. The Balaban J connectivity index is 2.17. The van der Waals surface area contributed by atoms with Gasteiger partial charge < -0.3 is 9.47 Å². The number of benzene rings is 1. The highest BCUT2D eigenvalue weighted by atomic mass is 35.5. The van der Waals surface area contributed by atoms with Crippen LogP contribution < -0.4 is 0 Å². The van der Waals surface area contributed by atoms with Crippen LogP contribution >= 0.6 is 11.6 Å². The highest BCUT2D eigenvalue weighted by Crippen LogP contribution is 2.37. The molecule has 100 valence electrons. The first-order chi connectivity index (χ1) is 8.38. The van der Waals surface area contributed by atoms with Crippen LogP contribution in [0.4, 0.5) is 17.6 Å². The average Bonchev–Trinajstić information content (AvgIpc) is 3.05. The molecule has 0 amide bonds. The fourth-order valence-corrected chi connectivity index (χ4v) is 1.61. The number of rotatable bonds is 4. The lowest BCUT2D eigenvalue weighted by Gasteiger charge is -2.21. The van der Waals surface area contributed by atoms with Crippen LogP contribution in [0.5, 0.6) is 0 Å². The molecule has 0 spiro atoms. The lowest BCUT2D eigenvalue weighted by molar-refractivity contribution is -0.224. The van der Waals surface area contributed by atoms with Crippen LogP contribution in [0.15, 0.2) is 18.2 Å². The third kappa shape index (κ3) is 3.34. The van der Waals surface area contributed by atoms with Gasteiger partial charge in [0.05, 0.1) is 18.2 Å². The molecule has 1 aliphatic heterocycles. The van der Waals surface area contributed by atoms with Crippen LogP contribution in [0.3, 0.4) is 0 Å². The highest BCUT2D eigenvalue weighted by molar-refractivity contribution is 6.30. The zero-order valence-electron chi connectivity index (χ0n) is 9.01. The van der Waals surface area contributed by atoms with Crippen molar-refractivity contribution in [2.24, 2.45) is 0 Å². The van der Waals surface area contributed by atoms with Crippen molar-refractivity contribution in [2.75, 3.05) is 13.2 Å². The third-order valence-corrected chi connectivity index (χ3v) is 2.68. The minimum Gasteiger partial charge on any atom is -0.371 e. The van der Waals surface area contributed by atoms with Gasteiger partial charge in [0.2, 0.25) is 0 Å². The van der Waals surface area contributed by atoms with E-state index >= 15 is 0 Å². The molecule has 0 N–H and O–H groups in total. The summed E-state index contributed by atoms with van der Waals surface area (Å²) in [5, 5.41) is -0.368. The summed E-state index contributed by atoms with van der Waals surface area (Å²) in [6.45, 7) is 0.244. The number of alkyl halides is 3. The summed E-state index contributed by atoms with van der Waals surface area (Å²) in [5.74, 6) is -0.771. The Morgan fingerprint density at radius 3 is 2.61 bits per heavy atom. The molecule has 0 aromatic heterocycles. The van der Waals surface area contributed by atoms with Gasteiger partial charge in [0.25, 0.3) is 0 Å². The van der Waals surface area contributed by atoms with Crippen molar-refractivity contribution in [1.82, 2.24) is 0 Å². The van der Waals surface area contributed by atoms with Crippen LogP contribution in [-0.2, 0) is 9.47 Å². The van der Waals surface area contributed by atoms with Crippen molar-refractivity contribution in [2.45, 2.75) is 18.4 Å². The van der Waals surface area contributed by atoms with Crippen molar-refractivity contribution in [3.63, 3.8) is 0 Å². The number of ether oxygens (including phenoxy) is 2. The van der Waals surface area contributed by atoms with Crippen molar-refractivity contribution in [3.8, 4) is 0 Å². The number of hydrogen-bond donors (Lipinski definition) is 0. The van der Waals surface area contributed by atoms with Crippen molar-refractivity contribution in [3.05, 3.63) is 34.6 Å². The van der Waals surface area contributed by atoms with E-state index in [1.54, 1.807) is 0 Å². The minimum atomic E-state index is -4.59. The summed E-state index contributed by atoms with van der Waals surface area (Å²) in [7, 11) is 0. The molecule has 1 aliphatic rings. The molecule has 0 aliphatic carbocycles. The molecule has 18 heavy (non-hydrogen) atoms. The van der Waals surface area contributed by atoms with Gasteiger partial charge in [0.1, 0.15) is 11.9 Å². The lowest BCUT2D eigenvalue weighted by Crippen LogP contribution is -2.25. The maximum Gasteiger partial charge on any atom is 0.418 e. The number of hydrogen-bond acceptors (Lipinski definition) is 2. The van der Waals surface area contributed by atoms with E-state index in [9.17, 15) is 17.6 Å². The monoisotopic (exact) mass is 284 g/mol. The van der Waals surface area contributed by atoms with Gasteiger partial charge >= 0.3 is 6.18 Å². The summed E-state index contributed by atoms with van der Waals surface area (Å²) in [4.78, 5) is 0. The number of epoxide rings is 1. The van der Waals surface area contributed by atoms with Gasteiger partial charge in [-0.1, -0.05) is 17.7 Å². The largest absolute Gasteiger partial charge is 0.418 e. The summed E-state index contributed by atoms with van der Waals surface area (Å²) < 4.78 is 60.9. The van der Waals surface area contributed by atoms with Gasteiger partial charge in [0, 0.05) is 0 Å². The number of halogens is 5. The molecule has 1 fully saturated rings. The Hall–Kier alpha value is -0.850. The van der Waals surface area contributed by atoms with Gasteiger partial charge in [-0.05, 0) is 17.7 Å². The Bertz CT molecular complexity index is 432. The second kappa shape index (κ2) is 5.03. The Kier molecular flexibility index (Phi) is 3.79. The van der Waals surface area contributed by atoms with E-state index in [4.69, 9.17) is 21.1 Å². The van der Waals surface area contributed by atoms with Crippen LogP contribution in [0, 0.1) is 5.82 Å². The van der Waals surface area contributed by atoms with E-state index in [0.29, 0.717) is 6.61 Å². The molecule has 2 unspecified atom stereocenters. The van der Waals surface area contributed by atoms with Gasteiger partial charge in [-0.3, -0.25) is 0 Å². The van der Waals surface area contributed by atoms with E-state index in [1.165, 1.54) is 0 Å². The average molecular weight is 285 g/mol. The molecular formula is C11H9ClF4O2. The molecule has 2 rings (SSSR count). The van der Waals surface area contributed by atoms with Crippen molar-refractivity contribution < 1.29 is 27.0 Å². The molecule has 2 nitrogen and oxygen atoms in total. The van der Waals surface area contributed by atoms with Crippen molar-refractivity contribution in [1.29, 1.82) is 0 Å². The zero-order valence-corrected chi connectivity index (χ0v) is 9.76. The standard InChI is InChI=1S/C11H9ClF4O2/c12-8-3-6(1-2-9(8)13)10(11(14,15)16)18-5-7-4-17-7/h1-3,7,10H,4-5H2. The predicted octanol–water partition coefficient (Wildman–Crippen LogP) is 3.50. The predicted molar refractivity (Wildman–Crippen MR) is 55.9 cm³/mol. The van der Waals surface area contributed by atoms with Gasteiger partial charge in [-0.2, -0.15) is 13.2 Å². The minimum absolute atomic E-state index is 0.154. The quantitative estimate of drug-likeness (QED) is 0.623. The molecule has 0 radical (unpaired) electrons. The Morgan fingerprint density at radius 2 is 2.11 bits per heavy atom. The third-order valence-electron chi connectivity index (χ3n) is 2.39. The smallest absolute Gasteiger partial charge is 0.371 e. The summed E-state index contributed by atoms with van der Waals surface area (Å²) in [6.07, 6.45) is -7.00. The van der Waals surface area contributed by atoms with Crippen LogP contribution in [0.2, 0.25) is 5.02 Å². The summed E-state index contributed by atoms with van der Waals surface area (Å²) in [6, 6.07) is 2.81. The fourth-order valence-electron chi connectivity index (χ4n) is 1.42. The normalized spacial score (nSPS) is 20.8. The maximum absolute atomic E-state index is 12.9. The molecule has 1 heterocycles. The lowest BCUT2D eigenvalue weighted by atomic mass is 10.1. The van der Waals surface area contributed by atoms with E-state index < -0.39 is 18.1 Å². The Labute approximate surface area is 105 Å². The van der Waals surface area contributed by atoms with Gasteiger partial charge in [0.15, 0.2) is 6.10 Å². The second-order valence-electron chi connectivity index (χ2n) is 3.88. The van der Waals surface area contributed by atoms with E-state index in [-0.39, 0.29) is 23.3 Å². The first-order valence-corrected chi connectivity index (χ1v) is 5.50. The SMILES string of the molecule is Fc1ccc(C(OCC2CO2)C(F)(F)F)cc1Cl. The van der Waals surface area contributed by atoms with E-state index in [2.05, 4.69) is 0 Å². The Morgan fingerprint density at radius 1 is 1.44 bits per heavy atom. The highest BCUT2D eigenvalue weighted by Gasteiger charge is 2.43. The second-order valence-corrected chi connectivity index (χ2v) is 4.29. The summed E-state index contributed by atoms with van der Waals surface area (Å²) >= 11 is 5.46. The topological polar surface area (TPSA) is 21.8 Å². The molecule has 0 saturated carbocycles. The summed E-state index contributed by atoms with van der Waals surface area (Å²) in [5.41, 5.74) is -0.227. The molecule has 2 atom stereocenters. The maximum atomic E-state index is 12.9. The molecule has 0 bridgehead atoms. The first kappa shape index (κ1) is 13.6. The van der Waals surface area contributed by atoms with E-state index in [1.807, 2.05) is 0 Å². The van der Waals surface area contributed by atoms with Gasteiger partial charge in [-0.15, -0.1) is 0 Å². The molecule has 7 heteroatoms. The van der Waals surface area contributed by atoms with Gasteiger partial charge in [-0.25, -0.2) is 4.39 Å². The fraction of sp³-hybridized carbons (Fsp3) is 0.455. The van der Waals surface area contributed by atoms with Crippen molar-refractivity contribution >= 4 is 11.6 Å². The van der Waals surface area contributed by atoms with Crippen LogP contribution in [0.1, 0.15) is 11.7 Å². The molecule has 1 aromatic carbocycles. The van der Waals surface area contributed by atoms with Crippen LogP contribution in [-0.4, -0.2) is 25.5 Å². The first-order valence-electron chi connectivity index (χ1n) is 5.13. The van der Waals surface area contributed by atoms with E-state index in [0.717, 1.165) is 18.2 Å². The molecule has 1 saturated heterocycles. The molecular weight excluding hydrogens is 276 g/mol. The van der Waals surface area contributed by atoms with Crippen LogP contribution in [0.25, 0.3) is 0 Å².